The van der Waals surface area contributed by atoms with Crippen molar-refractivity contribution in [3.05, 3.63) is 0 Å². The fraction of sp³-hybridized carbons (Fsp3) is 1.00. The van der Waals surface area contributed by atoms with Crippen LogP contribution >= 0.6 is 0 Å². The van der Waals surface area contributed by atoms with E-state index in [0.29, 0.717) is 6.54 Å². The van der Waals surface area contributed by atoms with E-state index in [2.05, 4.69) is 20.8 Å². The standard InChI is InChI=1S/C6H12FN.C4H10/c1-8-4-2-3-6(7)5-8;1-4(2)3/h6H,2-5H2,1H3;4H,1-3H3/t6-;/m0./s1. The zero-order chi connectivity index (χ0) is 9.56. The van der Waals surface area contributed by atoms with Crippen LogP contribution in [0.2, 0.25) is 0 Å². The quantitative estimate of drug-likeness (QED) is 0.547. The molecule has 0 unspecified atom stereocenters. The first kappa shape index (κ1) is 11.9. The molecule has 0 radical (unpaired) electrons. The Labute approximate surface area is 75.9 Å². The van der Waals surface area contributed by atoms with Gasteiger partial charge in [0, 0.05) is 6.54 Å². The lowest BCUT2D eigenvalue weighted by Crippen LogP contribution is -2.32. The van der Waals surface area contributed by atoms with Crippen LogP contribution < -0.4 is 0 Å². The highest BCUT2D eigenvalue weighted by Gasteiger charge is 2.14. The van der Waals surface area contributed by atoms with Crippen LogP contribution in [0.25, 0.3) is 0 Å². The molecule has 74 valence electrons. The molecule has 1 fully saturated rings. The van der Waals surface area contributed by atoms with E-state index in [1.165, 1.54) is 0 Å². The van der Waals surface area contributed by atoms with Crippen molar-refractivity contribution in [3.63, 3.8) is 0 Å². The van der Waals surface area contributed by atoms with Gasteiger partial charge in [-0.2, -0.15) is 0 Å². The summed E-state index contributed by atoms with van der Waals surface area (Å²) in [5.74, 6) is 0.833. The Kier molecular flexibility index (Phi) is 6.35. The van der Waals surface area contributed by atoms with Crippen LogP contribution in [-0.4, -0.2) is 31.2 Å². The van der Waals surface area contributed by atoms with Gasteiger partial charge < -0.3 is 4.90 Å². The summed E-state index contributed by atoms with van der Waals surface area (Å²) in [6, 6.07) is 0. The molecule has 0 amide bonds. The molecule has 0 aromatic rings. The number of nitrogens with zero attached hydrogens (tertiary/aromatic N) is 1. The Hall–Kier alpha value is -0.110. The van der Waals surface area contributed by atoms with E-state index in [4.69, 9.17) is 0 Å². The first-order valence-corrected chi connectivity index (χ1v) is 4.85. The average molecular weight is 175 g/mol. The predicted octanol–water partition coefficient (Wildman–Crippen LogP) is 2.71. The second-order valence-corrected chi connectivity index (χ2v) is 4.23. The summed E-state index contributed by atoms with van der Waals surface area (Å²) in [6.45, 7) is 8.21. The maximum absolute atomic E-state index is 12.4. The smallest absolute Gasteiger partial charge is 0.113 e. The zero-order valence-electron chi connectivity index (χ0n) is 8.81. The summed E-state index contributed by atoms with van der Waals surface area (Å²) in [6.07, 6.45) is 1.23. The minimum atomic E-state index is -0.561. The van der Waals surface area contributed by atoms with E-state index in [1.807, 2.05) is 11.9 Å². The second kappa shape index (κ2) is 6.41. The van der Waals surface area contributed by atoms with Gasteiger partial charge in [0.1, 0.15) is 6.17 Å². The van der Waals surface area contributed by atoms with Crippen LogP contribution in [0.15, 0.2) is 0 Å². The second-order valence-electron chi connectivity index (χ2n) is 4.23. The van der Waals surface area contributed by atoms with Gasteiger partial charge in [0.15, 0.2) is 0 Å². The van der Waals surface area contributed by atoms with Crippen LogP contribution in [0, 0.1) is 5.92 Å². The van der Waals surface area contributed by atoms with Crippen LogP contribution in [0.1, 0.15) is 33.6 Å². The third-order valence-corrected chi connectivity index (χ3v) is 1.57. The molecule has 1 nitrogen and oxygen atoms in total. The minimum absolute atomic E-state index is 0.561. The highest BCUT2D eigenvalue weighted by atomic mass is 19.1. The molecule has 1 saturated heterocycles. The van der Waals surface area contributed by atoms with Crippen molar-refractivity contribution in [1.82, 2.24) is 4.90 Å². The van der Waals surface area contributed by atoms with E-state index < -0.39 is 6.17 Å². The molecular formula is C10H22FN. The van der Waals surface area contributed by atoms with E-state index in [0.717, 1.165) is 25.3 Å². The van der Waals surface area contributed by atoms with E-state index in [-0.39, 0.29) is 0 Å². The zero-order valence-corrected chi connectivity index (χ0v) is 8.81. The average Bonchev–Trinajstić information content (AvgIpc) is 1.84. The fourth-order valence-corrected chi connectivity index (χ4v) is 1.10. The summed E-state index contributed by atoms with van der Waals surface area (Å²) in [5, 5.41) is 0. The molecular weight excluding hydrogens is 153 g/mol. The fourth-order valence-electron chi connectivity index (χ4n) is 1.10. The molecule has 1 rings (SSSR count). The molecule has 0 aromatic carbocycles. The van der Waals surface area contributed by atoms with Crippen molar-refractivity contribution in [1.29, 1.82) is 0 Å². The van der Waals surface area contributed by atoms with Gasteiger partial charge in [-0.3, -0.25) is 0 Å². The molecule has 1 atom stereocenters. The lowest BCUT2D eigenvalue weighted by molar-refractivity contribution is 0.163. The number of alkyl halides is 1. The summed E-state index contributed by atoms with van der Waals surface area (Å²) in [5.41, 5.74) is 0. The summed E-state index contributed by atoms with van der Waals surface area (Å²) in [7, 11) is 1.96. The third-order valence-electron chi connectivity index (χ3n) is 1.57. The van der Waals surface area contributed by atoms with Gasteiger partial charge in [-0.1, -0.05) is 20.8 Å². The number of piperidine rings is 1. The van der Waals surface area contributed by atoms with Gasteiger partial charge in [0.05, 0.1) is 0 Å². The van der Waals surface area contributed by atoms with Crippen molar-refractivity contribution in [2.75, 3.05) is 20.1 Å². The number of likely N-dealkylation sites (tertiary alicyclic amines) is 1. The Morgan fingerprint density at radius 3 is 2.08 bits per heavy atom. The Bertz CT molecular complexity index is 93.3. The van der Waals surface area contributed by atoms with E-state index >= 15 is 0 Å². The third kappa shape index (κ3) is 7.99. The van der Waals surface area contributed by atoms with E-state index in [9.17, 15) is 4.39 Å². The van der Waals surface area contributed by atoms with E-state index in [1.54, 1.807) is 0 Å². The number of hydrogen-bond acceptors (Lipinski definition) is 1. The molecule has 1 heterocycles. The van der Waals surface area contributed by atoms with Crippen LogP contribution in [0.4, 0.5) is 4.39 Å². The molecule has 0 spiro atoms. The lowest BCUT2D eigenvalue weighted by Gasteiger charge is -2.24. The maximum atomic E-state index is 12.4. The van der Waals surface area contributed by atoms with Crippen molar-refractivity contribution in [3.8, 4) is 0 Å². The Morgan fingerprint density at radius 1 is 1.33 bits per heavy atom. The molecule has 0 aliphatic carbocycles. The molecule has 0 aromatic heterocycles. The highest BCUT2D eigenvalue weighted by Crippen LogP contribution is 2.09. The lowest BCUT2D eigenvalue weighted by atomic mass is 10.1. The molecule has 0 saturated carbocycles. The molecule has 1 aliphatic rings. The molecule has 0 N–H and O–H groups in total. The maximum Gasteiger partial charge on any atom is 0.113 e. The van der Waals surface area contributed by atoms with Gasteiger partial charge in [0.25, 0.3) is 0 Å². The summed E-state index contributed by atoms with van der Waals surface area (Å²) in [4.78, 5) is 2.04. The Balaban J connectivity index is 0.000000261. The Morgan fingerprint density at radius 2 is 1.83 bits per heavy atom. The van der Waals surface area contributed by atoms with Crippen molar-refractivity contribution < 1.29 is 4.39 Å². The van der Waals surface area contributed by atoms with Crippen molar-refractivity contribution in [2.45, 2.75) is 39.8 Å². The number of halogens is 1. The summed E-state index contributed by atoms with van der Waals surface area (Å²) >= 11 is 0. The van der Waals surface area contributed by atoms with Crippen molar-refractivity contribution >= 4 is 0 Å². The number of rotatable bonds is 0. The van der Waals surface area contributed by atoms with Crippen LogP contribution in [0.5, 0.6) is 0 Å². The molecule has 0 bridgehead atoms. The van der Waals surface area contributed by atoms with Gasteiger partial charge in [-0.15, -0.1) is 0 Å². The van der Waals surface area contributed by atoms with Crippen LogP contribution in [-0.2, 0) is 0 Å². The van der Waals surface area contributed by atoms with Gasteiger partial charge in [0.2, 0.25) is 0 Å². The van der Waals surface area contributed by atoms with Crippen molar-refractivity contribution in [2.24, 2.45) is 5.92 Å². The summed E-state index contributed by atoms with van der Waals surface area (Å²) < 4.78 is 12.4. The van der Waals surface area contributed by atoms with Crippen LogP contribution in [0.3, 0.4) is 0 Å². The first-order chi connectivity index (χ1) is 5.52. The van der Waals surface area contributed by atoms with Gasteiger partial charge in [-0.05, 0) is 32.4 Å². The van der Waals surface area contributed by atoms with Gasteiger partial charge >= 0.3 is 0 Å². The first-order valence-electron chi connectivity index (χ1n) is 4.85. The topological polar surface area (TPSA) is 3.24 Å². The minimum Gasteiger partial charge on any atom is -0.303 e. The van der Waals surface area contributed by atoms with Gasteiger partial charge in [-0.25, -0.2) is 4.39 Å². The molecule has 2 heteroatoms. The molecule has 12 heavy (non-hydrogen) atoms. The predicted molar refractivity (Wildman–Crippen MR) is 52.1 cm³/mol. The largest absolute Gasteiger partial charge is 0.303 e. The highest BCUT2D eigenvalue weighted by molar-refractivity contribution is 4.68. The molecule has 1 aliphatic heterocycles. The SMILES string of the molecule is CC(C)C.CN1CCC[C@H](F)C1. The number of hydrogen-bond donors (Lipinski definition) is 0. The monoisotopic (exact) mass is 175 g/mol. The normalized spacial score (nSPS) is 25.0.